The normalized spacial score (nSPS) is 11.4. The van der Waals surface area contributed by atoms with Crippen molar-refractivity contribution < 1.29 is 28.2 Å². The first-order valence-electron chi connectivity index (χ1n) is 12.7. The lowest BCUT2D eigenvalue weighted by Crippen LogP contribution is -2.16. The second-order valence-electron chi connectivity index (χ2n) is 10.2. The number of halogens is 2. The Labute approximate surface area is 218 Å². The van der Waals surface area contributed by atoms with Gasteiger partial charge in [0.1, 0.15) is 18.2 Å². The van der Waals surface area contributed by atoms with Crippen LogP contribution < -0.4 is 9.47 Å². The van der Waals surface area contributed by atoms with Gasteiger partial charge in [-0.25, -0.2) is 8.78 Å². The molecule has 6 heteroatoms. The van der Waals surface area contributed by atoms with E-state index in [4.69, 9.17) is 14.6 Å². The summed E-state index contributed by atoms with van der Waals surface area (Å²) in [5, 5.41) is 8.91. The van der Waals surface area contributed by atoms with Crippen LogP contribution in [0.4, 0.5) is 8.78 Å². The van der Waals surface area contributed by atoms with Gasteiger partial charge in [0.2, 0.25) is 0 Å². The van der Waals surface area contributed by atoms with Gasteiger partial charge in [-0.1, -0.05) is 63.9 Å². The molecule has 0 fully saturated rings. The third-order valence-corrected chi connectivity index (χ3v) is 6.56. The molecule has 0 spiro atoms. The maximum atomic E-state index is 14.9. The third-order valence-electron chi connectivity index (χ3n) is 6.56. The van der Waals surface area contributed by atoms with Crippen LogP contribution in [0.2, 0.25) is 0 Å². The van der Waals surface area contributed by atoms with Gasteiger partial charge in [-0.2, -0.15) is 0 Å². The van der Waals surface area contributed by atoms with Crippen molar-refractivity contribution in [3.8, 4) is 22.6 Å². The molecular weight excluding hydrogens is 474 g/mol. The highest BCUT2D eigenvalue weighted by atomic mass is 19.1. The summed E-state index contributed by atoms with van der Waals surface area (Å²) in [5.41, 5.74) is 3.41. The standard InChI is InChI=1S/C31H36F2O4/c1-5-6-16-31(2,3)19-23-17-21(10-13-25(23)26-18-24(36-4)12-14-27(26)32)20-37-28-9-7-8-22(30(28)33)11-15-29(34)35/h7-10,12-14,17-18H,5-6,11,15-16,19-20H2,1-4H3,(H,34,35). The number of ether oxygens (including phenoxy) is 2. The van der Waals surface area contributed by atoms with E-state index >= 15 is 0 Å². The summed E-state index contributed by atoms with van der Waals surface area (Å²) in [4.78, 5) is 10.9. The quantitative estimate of drug-likeness (QED) is 0.253. The molecule has 0 amide bonds. The Morgan fingerprint density at radius 3 is 2.49 bits per heavy atom. The maximum absolute atomic E-state index is 14.9. The third kappa shape index (κ3) is 7.78. The summed E-state index contributed by atoms with van der Waals surface area (Å²) in [6.45, 7) is 6.73. The van der Waals surface area contributed by atoms with Gasteiger partial charge in [0.15, 0.2) is 11.6 Å². The van der Waals surface area contributed by atoms with Crippen molar-refractivity contribution in [1.82, 2.24) is 0 Å². The molecule has 198 valence electrons. The van der Waals surface area contributed by atoms with Crippen molar-refractivity contribution in [1.29, 1.82) is 0 Å². The van der Waals surface area contributed by atoms with Crippen LogP contribution >= 0.6 is 0 Å². The molecule has 0 aliphatic carbocycles. The molecule has 0 unspecified atom stereocenters. The molecule has 37 heavy (non-hydrogen) atoms. The number of hydrogen-bond donors (Lipinski definition) is 1. The number of carboxylic acid groups (broad SMARTS) is 1. The smallest absolute Gasteiger partial charge is 0.303 e. The molecule has 3 aromatic rings. The zero-order valence-corrected chi connectivity index (χ0v) is 22.1. The zero-order valence-electron chi connectivity index (χ0n) is 22.1. The van der Waals surface area contributed by atoms with Crippen molar-refractivity contribution in [2.24, 2.45) is 5.41 Å². The highest BCUT2D eigenvalue weighted by Crippen LogP contribution is 2.36. The van der Waals surface area contributed by atoms with Crippen LogP contribution in [0.5, 0.6) is 11.5 Å². The lowest BCUT2D eigenvalue weighted by atomic mass is 9.79. The van der Waals surface area contributed by atoms with Crippen LogP contribution in [0.25, 0.3) is 11.1 Å². The first kappa shape index (κ1) is 28.2. The van der Waals surface area contributed by atoms with E-state index in [1.165, 1.54) is 12.1 Å². The monoisotopic (exact) mass is 510 g/mol. The van der Waals surface area contributed by atoms with Crippen LogP contribution in [0.15, 0.2) is 54.6 Å². The van der Waals surface area contributed by atoms with Gasteiger partial charge in [-0.05, 0) is 71.2 Å². The minimum absolute atomic E-state index is 0.00413. The first-order valence-corrected chi connectivity index (χ1v) is 12.7. The van der Waals surface area contributed by atoms with Gasteiger partial charge in [0, 0.05) is 12.0 Å². The Bertz CT molecular complexity index is 1220. The number of benzene rings is 3. The van der Waals surface area contributed by atoms with E-state index in [0.29, 0.717) is 16.9 Å². The number of aryl methyl sites for hydroxylation is 1. The largest absolute Gasteiger partial charge is 0.497 e. The first-order chi connectivity index (χ1) is 17.6. The zero-order chi connectivity index (χ0) is 27.0. The Morgan fingerprint density at radius 1 is 1.00 bits per heavy atom. The fraction of sp³-hybridized carbons (Fsp3) is 0.387. The van der Waals surface area contributed by atoms with Crippen LogP contribution in [0.3, 0.4) is 0 Å². The lowest BCUT2D eigenvalue weighted by molar-refractivity contribution is -0.136. The van der Waals surface area contributed by atoms with E-state index in [1.54, 1.807) is 31.4 Å². The van der Waals surface area contributed by atoms with Gasteiger partial charge < -0.3 is 14.6 Å². The van der Waals surface area contributed by atoms with Crippen molar-refractivity contribution in [2.45, 2.75) is 65.9 Å². The van der Waals surface area contributed by atoms with Gasteiger partial charge in [0.25, 0.3) is 0 Å². The highest BCUT2D eigenvalue weighted by molar-refractivity contribution is 5.70. The number of methoxy groups -OCH3 is 1. The van der Waals surface area contributed by atoms with Crippen molar-refractivity contribution >= 4 is 5.97 Å². The number of rotatable bonds is 13. The van der Waals surface area contributed by atoms with Crippen LogP contribution in [-0.4, -0.2) is 18.2 Å². The van der Waals surface area contributed by atoms with E-state index in [9.17, 15) is 13.6 Å². The summed E-state index contributed by atoms with van der Waals surface area (Å²) >= 11 is 0. The number of carbonyl (C=O) groups is 1. The molecule has 0 aliphatic rings. The lowest BCUT2D eigenvalue weighted by Gasteiger charge is -2.26. The summed E-state index contributed by atoms with van der Waals surface area (Å²) < 4.78 is 40.9. The van der Waals surface area contributed by atoms with Crippen LogP contribution in [0.1, 0.15) is 63.1 Å². The van der Waals surface area contributed by atoms with E-state index < -0.39 is 11.8 Å². The molecule has 0 saturated carbocycles. The minimum Gasteiger partial charge on any atom is -0.497 e. The molecular formula is C31H36F2O4. The topological polar surface area (TPSA) is 55.8 Å². The summed E-state index contributed by atoms with van der Waals surface area (Å²) in [6.07, 6.45) is 3.93. The molecule has 1 N–H and O–H groups in total. The van der Waals surface area contributed by atoms with E-state index in [1.807, 2.05) is 18.2 Å². The highest BCUT2D eigenvalue weighted by Gasteiger charge is 2.22. The number of hydrogen-bond acceptors (Lipinski definition) is 3. The second-order valence-corrected chi connectivity index (χ2v) is 10.2. The Hall–Kier alpha value is -3.41. The molecule has 0 aromatic heterocycles. The minimum atomic E-state index is -0.979. The molecule has 0 radical (unpaired) electrons. The van der Waals surface area contributed by atoms with E-state index in [-0.39, 0.29) is 36.4 Å². The van der Waals surface area contributed by atoms with Gasteiger partial charge in [-0.15, -0.1) is 0 Å². The Morgan fingerprint density at radius 2 is 1.78 bits per heavy atom. The second kappa shape index (κ2) is 12.7. The van der Waals surface area contributed by atoms with Gasteiger partial charge >= 0.3 is 5.97 Å². The molecule has 3 aromatic carbocycles. The Kier molecular flexibility index (Phi) is 9.67. The van der Waals surface area contributed by atoms with Crippen molar-refractivity contribution in [3.63, 3.8) is 0 Å². The van der Waals surface area contributed by atoms with Crippen LogP contribution in [0, 0.1) is 17.0 Å². The average Bonchev–Trinajstić information content (AvgIpc) is 2.86. The molecule has 3 rings (SSSR count). The van der Waals surface area contributed by atoms with Crippen LogP contribution in [-0.2, 0) is 24.2 Å². The fourth-order valence-corrected chi connectivity index (χ4v) is 4.51. The Balaban J connectivity index is 1.91. The SMILES string of the molecule is CCCCC(C)(C)Cc1cc(COc2cccc(CCC(=O)O)c2F)ccc1-c1cc(OC)ccc1F. The van der Waals surface area contributed by atoms with Crippen molar-refractivity contribution in [2.75, 3.05) is 7.11 Å². The van der Waals surface area contributed by atoms with E-state index in [0.717, 1.165) is 42.4 Å². The van der Waals surface area contributed by atoms with Crippen molar-refractivity contribution in [3.05, 3.63) is 82.9 Å². The number of carboxylic acids is 1. The van der Waals surface area contributed by atoms with E-state index in [2.05, 4.69) is 20.8 Å². The average molecular weight is 511 g/mol. The summed E-state index contributed by atoms with van der Waals surface area (Å²) in [6, 6.07) is 15.3. The van der Waals surface area contributed by atoms with Gasteiger partial charge in [-0.3, -0.25) is 4.79 Å². The molecule has 0 atom stereocenters. The fourth-order valence-electron chi connectivity index (χ4n) is 4.51. The summed E-state index contributed by atoms with van der Waals surface area (Å²) in [5.74, 6) is -1.18. The maximum Gasteiger partial charge on any atom is 0.303 e. The number of aliphatic carboxylic acids is 1. The molecule has 0 saturated heterocycles. The predicted molar refractivity (Wildman–Crippen MR) is 142 cm³/mol. The molecule has 4 nitrogen and oxygen atoms in total. The molecule has 0 heterocycles. The summed E-state index contributed by atoms with van der Waals surface area (Å²) in [7, 11) is 1.56. The predicted octanol–water partition coefficient (Wildman–Crippen LogP) is 8.00. The molecule has 0 aliphatic heterocycles. The van der Waals surface area contributed by atoms with Gasteiger partial charge in [0.05, 0.1) is 7.11 Å². The molecule has 0 bridgehead atoms. The number of unbranched alkanes of at least 4 members (excludes halogenated alkanes) is 1.